The first-order valence-electron chi connectivity index (χ1n) is 6.58. The lowest BCUT2D eigenvalue weighted by Crippen LogP contribution is -2.27. The molecule has 0 saturated heterocycles. The first kappa shape index (κ1) is 10.1. The molecule has 0 heteroatoms. The van der Waals surface area contributed by atoms with Crippen molar-refractivity contribution in [3.8, 4) is 0 Å². The zero-order chi connectivity index (χ0) is 10.8. The van der Waals surface area contributed by atoms with Crippen LogP contribution in [0.3, 0.4) is 0 Å². The predicted molar refractivity (Wildman–Crippen MR) is 67.1 cm³/mol. The number of rotatable bonds is 1. The topological polar surface area (TPSA) is 0 Å². The molecule has 2 aliphatic carbocycles. The van der Waals surface area contributed by atoms with Gasteiger partial charge in [0.1, 0.15) is 0 Å². The van der Waals surface area contributed by atoms with Gasteiger partial charge in [0.2, 0.25) is 0 Å². The summed E-state index contributed by atoms with van der Waals surface area (Å²) in [4.78, 5) is 0. The quantitative estimate of drug-likeness (QED) is 0.648. The van der Waals surface area contributed by atoms with Crippen LogP contribution >= 0.6 is 0 Å². The van der Waals surface area contributed by atoms with E-state index in [9.17, 15) is 0 Å². The van der Waals surface area contributed by atoms with E-state index < -0.39 is 0 Å². The summed E-state index contributed by atoms with van der Waals surface area (Å²) in [7, 11) is 0. The van der Waals surface area contributed by atoms with Gasteiger partial charge in [0.25, 0.3) is 0 Å². The van der Waals surface area contributed by atoms with Crippen molar-refractivity contribution in [1.29, 1.82) is 0 Å². The molecule has 1 aromatic rings. The average molecular weight is 211 g/mol. The third-order valence-electron chi connectivity index (χ3n) is 4.27. The molecule has 3 rings (SSSR count). The lowest BCUT2D eigenvalue weighted by atomic mass is 9.66. The average Bonchev–Trinajstić information content (AvgIpc) is 2.39. The minimum absolute atomic E-state index is 0.743. The lowest BCUT2D eigenvalue weighted by molar-refractivity contribution is 0.222. The number of fused-ring (bicyclic) bond motifs is 1. The number of benzene rings is 1. The molecule has 0 N–H and O–H groups in total. The second kappa shape index (κ2) is 4.45. The minimum atomic E-state index is 0.743. The maximum atomic E-state index is 3.60. The molecule has 0 heterocycles. The van der Waals surface area contributed by atoms with Gasteiger partial charge in [0.15, 0.2) is 0 Å². The van der Waals surface area contributed by atoms with Crippen LogP contribution in [0.4, 0.5) is 0 Å². The van der Waals surface area contributed by atoms with Gasteiger partial charge in [-0.15, -0.1) is 0 Å². The fraction of sp³-hybridized carbons (Fsp3) is 0.500. The van der Waals surface area contributed by atoms with Crippen molar-refractivity contribution in [2.24, 2.45) is 11.8 Å². The third kappa shape index (κ3) is 1.81. The van der Waals surface area contributed by atoms with Gasteiger partial charge in [-0.05, 0) is 48.7 Å². The van der Waals surface area contributed by atoms with Crippen LogP contribution < -0.4 is 0 Å². The van der Waals surface area contributed by atoms with E-state index in [-0.39, 0.29) is 0 Å². The van der Waals surface area contributed by atoms with Crippen LogP contribution in [0.2, 0.25) is 0 Å². The normalized spacial score (nSPS) is 33.4. The highest BCUT2D eigenvalue weighted by molar-refractivity contribution is 5.23. The highest BCUT2D eigenvalue weighted by Gasteiger charge is 2.33. The Morgan fingerprint density at radius 3 is 2.69 bits per heavy atom. The summed E-state index contributed by atoms with van der Waals surface area (Å²) in [5, 5.41) is 0. The fourth-order valence-electron chi connectivity index (χ4n) is 3.45. The number of hydrogen-bond donors (Lipinski definition) is 0. The molecule has 3 atom stereocenters. The molecule has 0 aromatic heterocycles. The Balaban J connectivity index is 1.87. The van der Waals surface area contributed by atoms with Gasteiger partial charge >= 0.3 is 0 Å². The molecule has 0 bridgehead atoms. The van der Waals surface area contributed by atoms with Crippen molar-refractivity contribution in [3.05, 3.63) is 48.0 Å². The van der Waals surface area contributed by atoms with Crippen LogP contribution in [0.15, 0.2) is 36.4 Å². The standard InChI is InChI=1S/C16H19/c1-2-7-13(8-3-1)16-12-6-10-14-9-4-5-11-15(14)16/h1-3,6-8,14-16H,4-5,9,11-12H2. The molecular formula is C16H19. The zero-order valence-corrected chi connectivity index (χ0v) is 9.73. The van der Waals surface area contributed by atoms with Crippen LogP contribution in [0.5, 0.6) is 0 Å². The van der Waals surface area contributed by atoms with Gasteiger partial charge in [-0.1, -0.05) is 49.2 Å². The Hall–Kier alpha value is -1.04. The van der Waals surface area contributed by atoms with Crippen LogP contribution in [0.1, 0.15) is 43.6 Å². The summed E-state index contributed by atoms with van der Waals surface area (Å²) in [5.74, 6) is 2.36. The molecule has 1 radical (unpaired) electrons. The molecule has 0 spiro atoms. The molecule has 2 aliphatic rings. The minimum Gasteiger partial charge on any atom is -0.0801 e. The summed E-state index contributed by atoms with van der Waals surface area (Å²) in [6.45, 7) is 0. The van der Waals surface area contributed by atoms with Crippen molar-refractivity contribution in [3.63, 3.8) is 0 Å². The molecule has 1 fully saturated rings. The second-order valence-corrected chi connectivity index (χ2v) is 5.18. The summed E-state index contributed by atoms with van der Waals surface area (Å²) >= 11 is 0. The van der Waals surface area contributed by atoms with E-state index in [1.165, 1.54) is 37.7 Å². The molecule has 16 heavy (non-hydrogen) atoms. The van der Waals surface area contributed by atoms with Gasteiger partial charge < -0.3 is 0 Å². The van der Waals surface area contributed by atoms with Crippen molar-refractivity contribution >= 4 is 0 Å². The predicted octanol–water partition coefficient (Wildman–Crippen LogP) is 4.34. The molecule has 0 nitrogen and oxygen atoms in total. The molecule has 3 unspecified atom stereocenters. The Labute approximate surface area is 98.4 Å². The molecule has 1 aromatic carbocycles. The summed E-state index contributed by atoms with van der Waals surface area (Å²) in [6.07, 6.45) is 12.7. The van der Waals surface area contributed by atoms with E-state index in [4.69, 9.17) is 0 Å². The van der Waals surface area contributed by atoms with Crippen molar-refractivity contribution in [2.75, 3.05) is 0 Å². The van der Waals surface area contributed by atoms with Gasteiger partial charge in [-0.25, -0.2) is 0 Å². The van der Waals surface area contributed by atoms with Gasteiger partial charge in [-0.2, -0.15) is 0 Å². The van der Waals surface area contributed by atoms with Gasteiger partial charge in [0, 0.05) is 0 Å². The van der Waals surface area contributed by atoms with Crippen LogP contribution in [-0.2, 0) is 0 Å². The van der Waals surface area contributed by atoms with E-state index >= 15 is 0 Å². The number of allylic oxidation sites excluding steroid dienone is 2. The van der Waals surface area contributed by atoms with Crippen molar-refractivity contribution in [1.82, 2.24) is 0 Å². The molecule has 83 valence electrons. The molecule has 0 aliphatic heterocycles. The largest absolute Gasteiger partial charge is 0.0801 e. The Morgan fingerprint density at radius 2 is 1.81 bits per heavy atom. The van der Waals surface area contributed by atoms with Crippen molar-refractivity contribution < 1.29 is 0 Å². The van der Waals surface area contributed by atoms with Crippen LogP contribution in [0.25, 0.3) is 0 Å². The molecular weight excluding hydrogens is 192 g/mol. The van der Waals surface area contributed by atoms with E-state index in [1.807, 2.05) is 0 Å². The fourth-order valence-corrected chi connectivity index (χ4v) is 3.45. The lowest BCUT2D eigenvalue weighted by Gasteiger charge is -2.38. The van der Waals surface area contributed by atoms with Gasteiger partial charge in [-0.3, -0.25) is 0 Å². The van der Waals surface area contributed by atoms with E-state index in [2.05, 4.69) is 42.5 Å². The SMILES string of the molecule is [C]1=CCC(c2ccccc2)C2CCCCC12. The Morgan fingerprint density at radius 1 is 1.00 bits per heavy atom. The maximum absolute atomic E-state index is 3.60. The summed E-state index contributed by atoms with van der Waals surface area (Å²) in [5.41, 5.74) is 1.54. The van der Waals surface area contributed by atoms with Gasteiger partial charge in [0.05, 0.1) is 0 Å². The smallest absolute Gasteiger partial charge is 0.00930 e. The first-order chi connectivity index (χ1) is 7.95. The second-order valence-electron chi connectivity index (χ2n) is 5.18. The van der Waals surface area contributed by atoms with E-state index in [0.717, 1.165) is 17.8 Å². The van der Waals surface area contributed by atoms with Crippen molar-refractivity contribution in [2.45, 2.75) is 38.0 Å². The van der Waals surface area contributed by atoms with E-state index in [1.54, 1.807) is 0 Å². The highest BCUT2D eigenvalue weighted by Crippen LogP contribution is 2.44. The van der Waals surface area contributed by atoms with Crippen LogP contribution in [-0.4, -0.2) is 0 Å². The zero-order valence-electron chi connectivity index (χ0n) is 9.73. The van der Waals surface area contributed by atoms with Crippen LogP contribution in [0, 0.1) is 17.9 Å². The summed E-state index contributed by atoms with van der Waals surface area (Å²) in [6, 6.07) is 11.1. The Kier molecular flexibility index (Phi) is 2.82. The van der Waals surface area contributed by atoms with E-state index in [0.29, 0.717) is 0 Å². The first-order valence-corrected chi connectivity index (χ1v) is 6.58. The number of hydrogen-bond acceptors (Lipinski definition) is 0. The third-order valence-corrected chi connectivity index (χ3v) is 4.27. The monoisotopic (exact) mass is 211 g/mol. The molecule has 0 amide bonds. The summed E-state index contributed by atoms with van der Waals surface area (Å²) < 4.78 is 0. The maximum Gasteiger partial charge on any atom is -0.00930 e. The highest BCUT2D eigenvalue weighted by atomic mass is 14.4. The molecule has 1 saturated carbocycles. The Bertz CT molecular complexity index is 363.